The van der Waals surface area contributed by atoms with Crippen LogP contribution in [0.1, 0.15) is 29.9 Å². The molecular weight excluding hydrogens is 248 g/mol. The first kappa shape index (κ1) is 13.1. The van der Waals surface area contributed by atoms with Gasteiger partial charge in [-0.15, -0.1) is 5.10 Å². The number of rotatable bonds is 5. The molecule has 0 radical (unpaired) electrons. The topological polar surface area (TPSA) is 97.7 Å². The molecule has 8 heteroatoms. The molecule has 0 aliphatic heterocycles. The summed E-state index contributed by atoms with van der Waals surface area (Å²) >= 11 is 0. The van der Waals surface area contributed by atoms with Gasteiger partial charge in [0.15, 0.2) is 0 Å². The molecule has 0 saturated heterocycles. The van der Waals surface area contributed by atoms with E-state index in [4.69, 9.17) is 4.74 Å². The number of hydrogen-bond acceptors (Lipinski definition) is 5. The lowest BCUT2D eigenvalue weighted by molar-refractivity contribution is 0.102. The second-order valence-electron chi connectivity index (χ2n) is 3.87. The number of aryl methyl sites for hydroxylation is 2. The molecule has 0 unspecified atom stereocenters. The highest BCUT2D eigenvalue weighted by Gasteiger charge is 2.16. The summed E-state index contributed by atoms with van der Waals surface area (Å²) in [4.78, 5) is 16.1. The Kier molecular flexibility index (Phi) is 3.79. The summed E-state index contributed by atoms with van der Waals surface area (Å²) in [6, 6.07) is 0.208. The predicted molar refractivity (Wildman–Crippen MR) is 68.1 cm³/mol. The molecule has 0 fully saturated rings. The van der Waals surface area contributed by atoms with Crippen LogP contribution in [0.3, 0.4) is 0 Å². The van der Waals surface area contributed by atoms with Gasteiger partial charge in [-0.2, -0.15) is 10.1 Å². The number of H-pyrrole nitrogens is 1. The highest BCUT2D eigenvalue weighted by atomic mass is 16.5. The number of amides is 1. The molecule has 0 atom stereocenters. The fraction of sp³-hybridized carbons (Fsp3) is 0.455. The van der Waals surface area contributed by atoms with Crippen molar-refractivity contribution in [2.45, 2.75) is 20.3 Å². The Labute approximate surface area is 110 Å². The van der Waals surface area contributed by atoms with E-state index in [1.54, 1.807) is 17.9 Å². The second-order valence-corrected chi connectivity index (χ2v) is 3.87. The Hall–Kier alpha value is -2.38. The van der Waals surface area contributed by atoms with E-state index in [-0.39, 0.29) is 17.9 Å². The number of ether oxygens (including phenoxy) is 1. The third-order valence-electron chi connectivity index (χ3n) is 2.46. The van der Waals surface area contributed by atoms with Crippen LogP contribution in [0.2, 0.25) is 0 Å². The molecule has 0 aliphatic rings. The van der Waals surface area contributed by atoms with Crippen LogP contribution in [0.15, 0.2) is 6.20 Å². The minimum absolute atomic E-state index is 0.208. The first-order chi connectivity index (χ1) is 9.13. The lowest BCUT2D eigenvalue weighted by Crippen LogP contribution is -2.14. The summed E-state index contributed by atoms with van der Waals surface area (Å²) in [6.45, 7) is 4.24. The zero-order valence-electron chi connectivity index (χ0n) is 11.1. The van der Waals surface area contributed by atoms with Gasteiger partial charge in [0.25, 0.3) is 5.91 Å². The number of hydrogen-bond donors (Lipinski definition) is 2. The molecular formula is C11H16N6O2. The molecule has 2 rings (SSSR count). The van der Waals surface area contributed by atoms with Crippen LogP contribution in [-0.2, 0) is 13.5 Å². The van der Waals surface area contributed by atoms with Crippen molar-refractivity contribution in [3.8, 4) is 6.01 Å². The minimum Gasteiger partial charge on any atom is -0.463 e. The van der Waals surface area contributed by atoms with Gasteiger partial charge in [0, 0.05) is 13.2 Å². The number of aromatic amines is 1. The van der Waals surface area contributed by atoms with E-state index < -0.39 is 0 Å². The van der Waals surface area contributed by atoms with Gasteiger partial charge in [0.2, 0.25) is 5.95 Å². The van der Waals surface area contributed by atoms with Crippen LogP contribution in [0.5, 0.6) is 6.01 Å². The van der Waals surface area contributed by atoms with Crippen LogP contribution in [0.25, 0.3) is 0 Å². The van der Waals surface area contributed by atoms with Crippen molar-refractivity contribution < 1.29 is 9.53 Å². The van der Waals surface area contributed by atoms with Crippen LogP contribution in [-0.4, -0.2) is 37.5 Å². The number of aromatic nitrogens is 5. The van der Waals surface area contributed by atoms with Crippen molar-refractivity contribution in [1.82, 2.24) is 25.0 Å². The summed E-state index contributed by atoms with van der Waals surface area (Å²) in [5.74, 6) is -0.0245. The Morgan fingerprint density at radius 2 is 2.32 bits per heavy atom. The van der Waals surface area contributed by atoms with E-state index >= 15 is 0 Å². The molecule has 0 bridgehead atoms. The quantitative estimate of drug-likeness (QED) is 0.830. The Balaban J connectivity index is 2.11. The zero-order valence-corrected chi connectivity index (χ0v) is 11.1. The fourth-order valence-electron chi connectivity index (χ4n) is 1.66. The van der Waals surface area contributed by atoms with Crippen molar-refractivity contribution in [2.75, 3.05) is 11.9 Å². The lowest BCUT2D eigenvalue weighted by Gasteiger charge is -1.99. The monoisotopic (exact) mass is 264 g/mol. The Bertz CT molecular complexity index is 574. The van der Waals surface area contributed by atoms with Crippen molar-refractivity contribution in [3.63, 3.8) is 0 Å². The molecule has 1 amide bonds. The smallest absolute Gasteiger partial charge is 0.337 e. The third kappa shape index (κ3) is 2.90. The summed E-state index contributed by atoms with van der Waals surface area (Å²) in [6.07, 6.45) is 2.36. The Morgan fingerprint density at radius 3 is 3.00 bits per heavy atom. The number of carbonyl (C=O) groups is 1. The van der Waals surface area contributed by atoms with Gasteiger partial charge in [-0.05, 0) is 13.3 Å². The lowest BCUT2D eigenvalue weighted by atomic mass is 10.2. The molecule has 0 saturated carbocycles. The van der Waals surface area contributed by atoms with Crippen molar-refractivity contribution >= 4 is 11.9 Å². The fourth-order valence-corrected chi connectivity index (χ4v) is 1.66. The first-order valence-electron chi connectivity index (χ1n) is 6.03. The average Bonchev–Trinajstić information content (AvgIpc) is 2.96. The number of anilines is 1. The van der Waals surface area contributed by atoms with Crippen molar-refractivity contribution in [1.29, 1.82) is 0 Å². The van der Waals surface area contributed by atoms with Crippen molar-refractivity contribution in [3.05, 3.63) is 17.5 Å². The molecule has 0 aliphatic carbocycles. The molecule has 19 heavy (non-hydrogen) atoms. The van der Waals surface area contributed by atoms with Gasteiger partial charge in [-0.25, -0.2) is 5.10 Å². The van der Waals surface area contributed by atoms with E-state index in [9.17, 15) is 4.79 Å². The molecule has 2 aromatic rings. The normalized spacial score (nSPS) is 10.5. The molecule has 2 aromatic heterocycles. The minimum atomic E-state index is -0.274. The molecule has 102 valence electrons. The summed E-state index contributed by atoms with van der Waals surface area (Å²) in [5, 5.41) is 13.2. The SMILES string of the molecule is CCOc1n[nH]c(NC(=O)c2cn(C)nc2CC)n1. The predicted octanol–water partition coefficient (Wildman–Crippen LogP) is 0.752. The first-order valence-corrected chi connectivity index (χ1v) is 6.03. The van der Waals surface area contributed by atoms with Gasteiger partial charge in [0.05, 0.1) is 17.9 Å². The van der Waals surface area contributed by atoms with E-state index in [0.29, 0.717) is 18.6 Å². The van der Waals surface area contributed by atoms with Gasteiger partial charge >= 0.3 is 6.01 Å². The molecule has 0 aromatic carbocycles. The van der Waals surface area contributed by atoms with E-state index in [0.717, 1.165) is 5.69 Å². The van der Waals surface area contributed by atoms with Gasteiger partial charge in [-0.1, -0.05) is 6.92 Å². The van der Waals surface area contributed by atoms with Crippen LogP contribution in [0, 0.1) is 0 Å². The maximum absolute atomic E-state index is 12.1. The number of nitrogens with zero attached hydrogens (tertiary/aromatic N) is 4. The van der Waals surface area contributed by atoms with E-state index in [1.807, 2.05) is 13.8 Å². The maximum atomic E-state index is 12.1. The van der Waals surface area contributed by atoms with E-state index in [2.05, 4.69) is 25.6 Å². The number of nitrogens with one attached hydrogen (secondary N) is 2. The zero-order chi connectivity index (χ0) is 13.8. The standard InChI is InChI=1S/C11H16N6O2/c1-4-8-7(6-17(3)16-8)9(18)12-10-13-11(15-14-10)19-5-2/h6H,4-5H2,1-3H3,(H2,12,13,14,15,18). The van der Waals surface area contributed by atoms with Gasteiger partial charge in [-0.3, -0.25) is 14.8 Å². The molecule has 0 spiro atoms. The molecule has 8 nitrogen and oxygen atoms in total. The molecule has 2 heterocycles. The van der Waals surface area contributed by atoms with E-state index in [1.165, 1.54) is 0 Å². The van der Waals surface area contributed by atoms with Crippen LogP contribution >= 0.6 is 0 Å². The van der Waals surface area contributed by atoms with Gasteiger partial charge in [0.1, 0.15) is 0 Å². The Morgan fingerprint density at radius 1 is 1.53 bits per heavy atom. The van der Waals surface area contributed by atoms with Crippen LogP contribution in [0.4, 0.5) is 5.95 Å². The summed E-state index contributed by atoms with van der Waals surface area (Å²) in [7, 11) is 1.78. The molecule has 2 N–H and O–H groups in total. The highest BCUT2D eigenvalue weighted by molar-refractivity contribution is 6.04. The summed E-state index contributed by atoms with van der Waals surface area (Å²) in [5.41, 5.74) is 1.27. The second kappa shape index (κ2) is 5.51. The largest absolute Gasteiger partial charge is 0.463 e. The third-order valence-corrected chi connectivity index (χ3v) is 2.46. The van der Waals surface area contributed by atoms with Crippen LogP contribution < -0.4 is 10.1 Å². The van der Waals surface area contributed by atoms with Crippen molar-refractivity contribution in [2.24, 2.45) is 7.05 Å². The number of carbonyl (C=O) groups excluding carboxylic acids is 1. The van der Waals surface area contributed by atoms with Gasteiger partial charge < -0.3 is 4.74 Å². The average molecular weight is 264 g/mol. The highest BCUT2D eigenvalue weighted by Crippen LogP contribution is 2.11. The summed E-state index contributed by atoms with van der Waals surface area (Å²) < 4.78 is 6.71. The maximum Gasteiger partial charge on any atom is 0.337 e.